The fraction of sp³-hybridized carbons (Fsp3) is 0. The number of hydrogen-bond acceptors (Lipinski definition) is 6. The van der Waals surface area contributed by atoms with Gasteiger partial charge in [0.1, 0.15) is 5.52 Å². The van der Waals surface area contributed by atoms with E-state index in [4.69, 9.17) is 24.4 Å². The van der Waals surface area contributed by atoms with E-state index in [-0.39, 0.29) is 0 Å². The lowest BCUT2D eigenvalue weighted by Gasteiger charge is -2.10. The van der Waals surface area contributed by atoms with Gasteiger partial charge in [-0.15, -0.1) is 11.3 Å². The second-order valence-electron chi connectivity index (χ2n) is 12.3. The van der Waals surface area contributed by atoms with Crippen molar-refractivity contribution in [1.29, 1.82) is 0 Å². The van der Waals surface area contributed by atoms with Crippen LogP contribution in [0.1, 0.15) is 0 Å². The highest BCUT2D eigenvalue weighted by molar-refractivity contribution is 7.25. The molecule has 0 amide bonds. The van der Waals surface area contributed by atoms with Crippen LogP contribution in [0.15, 0.2) is 162 Å². The van der Waals surface area contributed by atoms with E-state index in [9.17, 15) is 0 Å². The maximum Gasteiger partial charge on any atom is 0.227 e. The van der Waals surface area contributed by atoms with Crippen molar-refractivity contribution >= 4 is 53.4 Å². The van der Waals surface area contributed by atoms with Gasteiger partial charge in [0.05, 0.1) is 0 Å². The standard InChI is InChI=1S/C44H26N4OS/c1-3-10-29(11-4-1)41-46-42(48-43(47-41)32-22-24-35-34-15-7-8-17-37(34)50-38(35)26-32)30-20-18-27(19-21-30)33-16-9-14-28-23-25-36-40(39(28)33)45-44(49-36)31-12-5-2-6-13-31/h1-26H. The summed E-state index contributed by atoms with van der Waals surface area (Å²) in [5.74, 6) is 2.53. The number of oxazole rings is 1. The van der Waals surface area contributed by atoms with E-state index in [1.807, 2.05) is 66.7 Å². The lowest BCUT2D eigenvalue weighted by atomic mass is 9.96. The van der Waals surface area contributed by atoms with E-state index < -0.39 is 0 Å². The summed E-state index contributed by atoms with van der Waals surface area (Å²) in [6.45, 7) is 0. The van der Waals surface area contributed by atoms with Gasteiger partial charge in [-0.25, -0.2) is 19.9 Å². The molecule has 10 aromatic rings. The molecule has 3 aromatic heterocycles. The molecule has 3 heterocycles. The first-order valence-electron chi connectivity index (χ1n) is 16.5. The lowest BCUT2D eigenvalue weighted by molar-refractivity contribution is 0.620. The fourth-order valence-corrected chi connectivity index (χ4v) is 7.87. The first kappa shape index (κ1) is 28.5. The first-order chi connectivity index (χ1) is 24.7. The molecule has 0 saturated heterocycles. The number of hydrogen-bond donors (Lipinski definition) is 0. The quantitative estimate of drug-likeness (QED) is 0.184. The van der Waals surface area contributed by atoms with Gasteiger partial charge in [0.25, 0.3) is 0 Å². The first-order valence-corrected chi connectivity index (χ1v) is 17.3. The number of nitrogens with zero attached hydrogens (tertiary/aromatic N) is 4. The van der Waals surface area contributed by atoms with Crippen LogP contribution in [-0.4, -0.2) is 19.9 Å². The molecule has 0 atom stereocenters. The molecule has 0 aliphatic rings. The minimum Gasteiger partial charge on any atom is -0.436 e. The Labute approximate surface area is 291 Å². The summed E-state index contributed by atoms with van der Waals surface area (Å²) in [5, 5.41) is 4.69. The van der Waals surface area contributed by atoms with Crippen molar-refractivity contribution < 1.29 is 4.42 Å². The number of benzene rings is 7. The Kier molecular flexibility index (Phi) is 6.60. The van der Waals surface area contributed by atoms with Crippen LogP contribution >= 0.6 is 11.3 Å². The smallest absolute Gasteiger partial charge is 0.227 e. The molecule has 7 aromatic carbocycles. The maximum atomic E-state index is 6.23. The molecule has 0 aliphatic heterocycles. The molecule has 5 nitrogen and oxygen atoms in total. The summed E-state index contributed by atoms with van der Waals surface area (Å²) in [6, 6.07) is 54.1. The molecular weight excluding hydrogens is 633 g/mol. The zero-order valence-electron chi connectivity index (χ0n) is 26.6. The number of thiophene rings is 1. The van der Waals surface area contributed by atoms with Gasteiger partial charge in [0, 0.05) is 47.8 Å². The maximum absolute atomic E-state index is 6.23. The minimum atomic E-state index is 0.615. The molecule has 0 bridgehead atoms. The molecular formula is C44H26N4OS. The van der Waals surface area contributed by atoms with Gasteiger partial charge < -0.3 is 4.42 Å². The topological polar surface area (TPSA) is 64.7 Å². The monoisotopic (exact) mass is 658 g/mol. The van der Waals surface area contributed by atoms with E-state index in [1.165, 1.54) is 20.2 Å². The summed E-state index contributed by atoms with van der Waals surface area (Å²) in [5.41, 5.74) is 7.55. The molecule has 10 rings (SSSR count). The van der Waals surface area contributed by atoms with Crippen LogP contribution in [0.25, 0.3) is 98.8 Å². The van der Waals surface area contributed by atoms with Gasteiger partial charge in [-0.2, -0.15) is 0 Å². The van der Waals surface area contributed by atoms with E-state index in [0.717, 1.165) is 55.3 Å². The summed E-state index contributed by atoms with van der Waals surface area (Å²) < 4.78 is 8.71. The largest absolute Gasteiger partial charge is 0.436 e. The Morgan fingerprint density at radius 1 is 0.420 bits per heavy atom. The van der Waals surface area contributed by atoms with E-state index in [1.54, 1.807) is 11.3 Å². The van der Waals surface area contributed by atoms with Crippen LogP contribution in [0.4, 0.5) is 0 Å². The van der Waals surface area contributed by atoms with Crippen LogP contribution in [-0.2, 0) is 0 Å². The SMILES string of the molecule is c1ccc(-c2nc(-c3ccc(-c4cccc5ccc6oc(-c7ccccc7)nc6c45)cc3)nc(-c3ccc4c(c3)sc3ccccc34)n2)cc1. The third-order valence-electron chi connectivity index (χ3n) is 9.18. The van der Waals surface area contributed by atoms with Crippen LogP contribution in [0.5, 0.6) is 0 Å². The van der Waals surface area contributed by atoms with Gasteiger partial charge >= 0.3 is 0 Å². The van der Waals surface area contributed by atoms with Gasteiger partial charge in [-0.05, 0) is 46.8 Å². The van der Waals surface area contributed by atoms with Crippen molar-refractivity contribution in [2.24, 2.45) is 0 Å². The predicted molar refractivity (Wildman–Crippen MR) is 205 cm³/mol. The summed E-state index contributed by atoms with van der Waals surface area (Å²) >= 11 is 1.79. The highest BCUT2D eigenvalue weighted by Crippen LogP contribution is 2.38. The normalized spacial score (nSPS) is 11.6. The number of fused-ring (bicyclic) bond motifs is 6. The average molecular weight is 659 g/mol. The Balaban J connectivity index is 1.08. The molecule has 0 aliphatic carbocycles. The van der Waals surface area contributed by atoms with Crippen LogP contribution in [0.2, 0.25) is 0 Å². The summed E-state index contributed by atoms with van der Waals surface area (Å²) in [7, 11) is 0. The van der Waals surface area contributed by atoms with Crippen LogP contribution in [0, 0.1) is 0 Å². The Hall–Kier alpha value is -6.50. The van der Waals surface area contributed by atoms with Crippen molar-refractivity contribution in [3.8, 4) is 56.7 Å². The molecule has 50 heavy (non-hydrogen) atoms. The van der Waals surface area contributed by atoms with Crippen LogP contribution in [0.3, 0.4) is 0 Å². The molecule has 0 unspecified atom stereocenters. The number of rotatable bonds is 5. The third kappa shape index (κ3) is 4.85. The van der Waals surface area contributed by atoms with Crippen molar-refractivity contribution in [2.75, 3.05) is 0 Å². The zero-order valence-corrected chi connectivity index (χ0v) is 27.4. The van der Waals surface area contributed by atoms with Crippen molar-refractivity contribution in [2.45, 2.75) is 0 Å². The molecule has 6 heteroatoms. The molecule has 0 spiro atoms. The highest BCUT2D eigenvalue weighted by atomic mass is 32.1. The second-order valence-corrected chi connectivity index (χ2v) is 13.3. The van der Waals surface area contributed by atoms with Crippen molar-refractivity contribution in [3.05, 3.63) is 158 Å². The minimum absolute atomic E-state index is 0.615. The number of aromatic nitrogens is 4. The zero-order chi connectivity index (χ0) is 33.0. The van der Waals surface area contributed by atoms with E-state index in [2.05, 4.69) is 91.0 Å². The van der Waals surface area contributed by atoms with Gasteiger partial charge in [-0.1, -0.05) is 127 Å². The van der Waals surface area contributed by atoms with Crippen molar-refractivity contribution in [1.82, 2.24) is 19.9 Å². The summed E-state index contributed by atoms with van der Waals surface area (Å²) in [4.78, 5) is 20.0. The van der Waals surface area contributed by atoms with Crippen LogP contribution < -0.4 is 0 Å². The van der Waals surface area contributed by atoms with E-state index in [0.29, 0.717) is 23.4 Å². The molecule has 0 radical (unpaired) electrons. The molecule has 0 N–H and O–H groups in total. The predicted octanol–water partition coefficient (Wildman–Crippen LogP) is 11.9. The van der Waals surface area contributed by atoms with Gasteiger partial charge in [0.2, 0.25) is 5.89 Å². The van der Waals surface area contributed by atoms with Gasteiger partial charge in [0.15, 0.2) is 23.1 Å². The molecule has 0 saturated carbocycles. The lowest BCUT2D eigenvalue weighted by Crippen LogP contribution is -2.00. The average Bonchev–Trinajstić information content (AvgIpc) is 3.80. The Bertz CT molecular complexity index is 2860. The second kappa shape index (κ2) is 11.6. The highest BCUT2D eigenvalue weighted by Gasteiger charge is 2.17. The Morgan fingerprint density at radius 3 is 1.82 bits per heavy atom. The van der Waals surface area contributed by atoms with E-state index >= 15 is 0 Å². The Morgan fingerprint density at radius 2 is 1.04 bits per heavy atom. The molecule has 234 valence electrons. The fourth-order valence-electron chi connectivity index (χ4n) is 6.72. The summed E-state index contributed by atoms with van der Waals surface area (Å²) in [6.07, 6.45) is 0. The van der Waals surface area contributed by atoms with Crippen molar-refractivity contribution in [3.63, 3.8) is 0 Å². The third-order valence-corrected chi connectivity index (χ3v) is 10.3. The molecule has 0 fully saturated rings. The van der Waals surface area contributed by atoms with Gasteiger partial charge in [-0.3, -0.25) is 0 Å².